The zero-order valence-electron chi connectivity index (χ0n) is 17.1. The molecule has 6 heteroatoms. The van der Waals surface area contributed by atoms with Crippen molar-refractivity contribution in [1.82, 2.24) is 0 Å². The van der Waals surface area contributed by atoms with Crippen molar-refractivity contribution in [2.45, 2.75) is 51.5 Å². The molecule has 6 nitrogen and oxygen atoms in total. The van der Waals surface area contributed by atoms with Gasteiger partial charge in [0, 0.05) is 38.3 Å². The van der Waals surface area contributed by atoms with Crippen molar-refractivity contribution >= 4 is 17.3 Å². The van der Waals surface area contributed by atoms with Crippen LogP contribution in [0.2, 0.25) is 0 Å². The van der Waals surface area contributed by atoms with Crippen LogP contribution >= 0.6 is 0 Å². The molecule has 1 saturated heterocycles. The third kappa shape index (κ3) is 5.84. The standard InChI is InChI=1S/C21H34N2O4/c1-5-27-20(24)15-21(2,3)16-6-7-19(18(22)14-16)23(10-13-25-4)17-8-11-26-12-9-17/h6-7,14,17H,5,8-13,15,22H2,1-4H3. The van der Waals surface area contributed by atoms with Gasteiger partial charge >= 0.3 is 5.97 Å². The summed E-state index contributed by atoms with van der Waals surface area (Å²) in [7, 11) is 1.71. The van der Waals surface area contributed by atoms with Gasteiger partial charge in [-0.3, -0.25) is 4.79 Å². The van der Waals surface area contributed by atoms with Gasteiger partial charge in [-0.05, 0) is 37.5 Å². The Morgan fingerprint density at radius 1 is 1.33 bits per heavy atom. The Hall–Kier alpha value is -1.79. The van der Waals surface area contributed by atoms with Gasteiger partial charge in [-0.15, -0.1) is 0 Å². The molecule has 0 amide bonds. The lowest BCUT2D eigenvalue weighted by atomic mass is 9.81. The second-order valence-electron chi connectivity index (χ2n) is 7.67. The maximum atomic E-state index is 11.9. The van der Waals surface area contributed by atoms with E-state index in [2.05, 4.69) is 17.0 Å². The van der Waals surface area contributed by atoms with Gasteiger partial charge in [0.1, 0.15) is 0 Å². The van der Waals surface area contributed by atoms with Crippen molar-refractivity contribution in [3.63, 3.8) is 0 Å². The van der Waals surface area contributed by atoms with E-state index in [9.17, 15) is 4.79 Å². The number of hydrogen-bond acceptors (Lipinski definition) is 6. The average molecular weight is 379 g/mol. The zero-order chi connectivity index (χ0) is 19.9. The maximum Gasteiger partial charge on any atom is 0.306 e. The Bertz CT molecular complexity index is 612. The molecule has 0 aliphatic carbocycles. The lowest BCUT2D eigenvalue weighted by Crippen LogP contribution is -2.41. The SMILES string of the molecule is CCOC(=O)CC(C)(C)c1ccc(N(CCOC)C2CCOCC2)c(N)c1. The minimum Gasteiger partial charge on any atom is -0.466 e. The molecule has 2 N–H and O–H groups in total. The highest BCUT2D eigenvalue weighted by atomic mass is 16.5. The number of rotatable bonds is 9. The molecule has 0 radical (unpaired) electrons. The van der Waals surface area contributed by atoms with Gasteiger partial charge in [0.25, 0.3) is 0 Å². The molecule has 0 spiro atoms. The van der Waals surface area contributed by atoms with E-state index in [0.29, 0.717) is 25.7 Å². The number of ether oxygens (including phenoxy) is 3. The molecule has 1 aliphatic heterocycles. The Morgan fingerprint density at radius 3 is 2.63 bits per heavy atom. The van der Waals surface area contributed by atoms with Gasteiger partial charge in [0.15, 0.2) is 0 Å². The van der Waals surface area contributed by atoms with E-state index in [-0.39, 0.29) is 11.4 Å². The van der Waals surface area contributed by atoms with E-state index in [1.165, 1.54) is 0 Å². The molecule has 2 rings (SSSR count). The maximum absolute atomic E-state index is 11.9. The molecule has 27 heavy (non-hydrogen) atoms. The Balaban J connectivity index is 2.22. The minimum atomic E-state index is -0.338. The molecule has 152 valence electrons. The van der Waals surface area contributed by atoms with Crippen LogP contribution in [0.4, 0.5) is 11.4 Å². The Morgan fingerprint density at radius 2 is 2.04 bits per heavy atom. The summed E-state index contributed by atoms with van der Waals surface area (Å²) < 4.78 is 15.9. The number of hydrogen-bond donors (Lipinski definition) is 1. The smallest absolute Gasteiger partial charge is 0.306 e. The number of esters is 1. The van der Waals surface area contributed by atoms with E-state index in [4.69, 9.17) is 19.9 Å². The fourth-order valence-corrected chi connectivity index (χ4v) is 3.60. The second kappa shape index (κ2) is 9.95. The van der Waals surface area contributed by atoms with Crippen LogP contribution in [0.5, 0.6) is 0 Å². The van der Waals surface area contributed by atoms with Crippen LogP contribution in [0, 0.1) is 0 Å². The summed E-state index contributed by atoms with van der Waals surface area (Å²) in [5, 5.41) is 0. The summed E-state index contributed by atoms with van der Waals surface area (Å²) in [4.78, 5) is 14.3. The van der Waals surface area contributed by atoms with Gasteiger partial charge in [0.05, 0.1) is 31.0 Å². The van der Waals surface area contributed by atoms with E-state index >= 15 is 0 Å². The Labute approximate surface area is 163 Å². The molecule has 0 bridgehead atoms. The molecular weight excluding hydrogens is 344 g/mol. The third-order valence-corrected chi connectivity index (χ3v) is 5.18. The summed E-state index contributed by atoms with van der Waals surface area (Å²) in [6.45, 7) is 9.29. The number of nitrogens with zero attached hydrogens (tertiary/aromatic N) is 1. The first-order valence-corrected chi connectivity index (χ1v) is 9.78. The van der Waals surface area contributed by atoms with Crippen LogP contribution in [0.25, 0.3) is 0 Å². The number of nitrogen functional groups attached to an aromatic ring is 1. The predicted molar refractivity (Wildman–Crippen MR) is 108 cm³/mol. The van der Waals surface area contributed by atoms with Gasteiger partial charge < -0.3 is 24.8 Å². The minimum absolute atomic E-state index is 0.186. The van der Waals surface area contributed by atoms with Gasteiger partial charge in [-0.1, -0.05) is 19.9 Å². The number of carbonyl (C=O) groups is 1. The summed E-state index contributed by atoms with van der Waals surface area (Å²) >= 11 is 0. The molecule has 0 saturated carbocycles. The van der Waals surface area contributed by atoms with E-state index in [0.717, 1.165) is 49.5 Å². The number of carbonyl (C=O) groups excluding carboxylic acids is 1. The van der Waals surface area contributed by atoms with E-state index in [1.54, 1.807) is 7.11 Å². The molecule has 1 aromatic rings. The molecule has 0 atom stereocenters. The molecular formula is C21H34N2O4. The number of anilines is 2. The van der Waals surface area contributed by atoms with E-state index in [1.807, 2.05) is 26.8 Å². The van der Waals surface area contributed by atoms with Gasteiger partial charge in [-0.25, -0.2) is 0 Å². The second-order valence-corrected chi connectivity index (χ2v) is 7.67. The summed E-state index contributed by atoms with van der Waals surface area (Å²) in [6.07, 6.45) is 2.30. The van der Waals surface area contributed by atoms with Crippen LogP contribution in [0.1, 0.15) is 45.6 Å². The number of nitrogens with two attached hydrogens (primary N) is 1. The van der Waals surface area contributed by atoms with Crippen molar-refractivity contribution in [3.05, 3.63) is 23.8 Å². The van der Waals surface area contributed by atoms with Gasteiger partial charge in [0.2, 0.25) is 0 Å². The summed E-state index contributed by atoms with van der Waals surface area (Å²) in [6, 6.07) is 6.54. The first-order chi connectivity index (χ1) is 12.9. The van der Waals surface area contributed by atoms with Crippen molar-refractivity contribution < 1.29 is 19.0 Å². The lowest BCUT2D eigenvalue weighted by Gasteiger charge is -2.37. The molecule has 0 aromatic heterocycles. The van der Waals surface area contributed by atoms with Crippen LogP contribution in [-0.2, 0) is 24.4 Å². The monoisotopic (exact) mass is 378 g/mol. The molecule has 1 aliphatic rings. The van der Waals surface area contributed by atoms with Crippen molar-refractivity contribution in [1.29, 1.82) is 0 Å². The molecule has 1 aromatic carbocycles. The Kier molecular flexibility index (Phi) is 7.92. The third-order valence-electron chi connectivity index (χ3n) is 5.18. The van der Waals surface area contributed by atoms with Crippen molar-refractivity contribution in [3.8, 4) is 0 Å². The molecule has 1 fully saturated rings. The first kappa shape index (κ1) is 21.5. The highest BCUT2D eigenvalue weighted by Gasteiger charge is 2.28. The summed E-state index contributed by atoms with van der Waals surface area (Å²) in [5.74, 6) is -0.186. The quantitative estimate of drug-likeness (QED) is 0.526. The fourth-order valence-electron chi connectivity index (χ4n) is 3.60. The van der Waals surface area contributed by atoms with Crippen LogP contribution in [-0.4, -0.2) is 52.1 Å². The van der Waals surface area contributed by atoms with Crippen LogP contribution in [0.15, 0.2) is 18.2 Å². The van der Waals surface area contributed by atoms with Crippen LogP contribution in [0.3, 0.4) is 0 Å². The predicted octanol–water partition coefficient (Wildman–Crippen LogP) is 3.13. The highest BCUT2D eigenvalue weighted by molar-refractivity contribution is 5.73. The zero-order valence-corrected chi connectivity index (χ0v) is 17.1. The molecule has 1 heterocycles. The normalized spacial score (nSPS) is 15.6. The lowest BCUT2D eigenvalue weighted by molar-refractivity contribution is -0.144. The summed E-state index contributed by atoms with van der Waals surface area (Å²) in [5.41, 5.74) is 8.91. The first-order valence-electron chi connectivity index (χ1n) is 9.78. The highest BCUT2D eigenvalue weighted by Crippen LogP contribution is 2.34. The topological polar surface area (TPSA) is 74.0 Å². The fraction of sp³-hybridized carbons (Fsp3) is 0.667. The van der Waals surface area contributed by atoms with Crippen molar-refractivity contribution in [2.75, 3.05) is 50.7 Å². The number of benzene rings is 1. The largest absolute Gasteiger partial charge is 0.466 e. The molecule has 0 unspecified atom stereocenters. The average Bonchev–Trinajstić information content (AvgIpc) is 2.63. The van der Waals surface area contributed by atoms with Crippen molar-refractivity contribution in [2.24, 2.45) is 0 Å². The number of methoxy groups -OCH3 is 1. The van der Waals surface area contributed by atoms with Gasteiger partial charge in [-0.2, -0.15) is 0 Å². The van der Waals surface area contributed by atoms with E-state index < -0.39 is 0 Å². The van der Waals surface area contributed by atoms with Crippen LogP contribution < -0.4 is 10.6 Å².